The number of hydrogen-bond acceptors (Lipinski definition) is 3. The molecule has 3 heteroatoms. The minimum Gasteiger partial charge on any atom is -0.396 e. The lowest BCUT2D eigenvalue weighted by molar-refractivity contribution is 0.0800. The van der Waals surface area contributed by atoms with Crippen molar-refractivity contribution in [2.24, 2.45) is 0 Å². The first kappa shape index (κ1) is 7.88. The monoisotopic (exact) mass is 119 g/mol. The van der Waals surface area contributed by atoms with Crippen LogP contribution in [0.25, 0.3) is 0 Å². The maximum atomic E-state index is 8.68. The van der Waals surface area contributed by atoms with Gasteiger partial charge in [-0.05, 0) is 13.3 Å². The van der Waals surface area contributed by atoms with Crippen LogP contribution in [0.15, 0.2) is 0 Å². The van der Waals surface area contributed by atoms with Gasteiger partial charge in [-0.3, -0.25) is 0 Å². The third-order valence-electron chi connectivity index (χ3n) is 0.885. The lowest BCUT2D eigenvalue weighted by Gasteiger charge is -2.08. The summed E-state index contributed by atoms with van der Waals surface area (Å²) in [6.07, 6.45) is -0.693. The van der Waals surface area contributed by atoms with Crippen molar-refractivity contribution in [3.8, 4) is 0 Å². The van der Waals surface area contributed by atoms with Gasteiger partial charge in [0.2, 0.25) is 0 Å². The third kappa shape index (κ3) is 2.96. The Kier molecular flexibility index (Phi) is 3.77. The van der Waals surface area contributed by atoms with Crippen molar-refractivity contribution in [1.82, 2.24) is 0 Å². The van der Waals surface area contributed by atoms with Crippen molar-refractivity contribution in [1.29, 1.82) is 0 Å². The molecule has 0 aromatic rings. The van der Waals surface area contributed by atoms with E-state index >= 15 is 0 Å². The summed E-state index contributed by atoms with van der Waals surface area (Å²) < 4.78 is 0. The second kappa shape index (κ2) is 3.83. The van der Waals surface area contributed by atoms with Crippen molar-refractivity contribution < 1.29 is 15.3 Å². The quantitative estimate of drug-likeness (QED) is 0.476. The zero-order valence-electron chi connectivity index (χ0n) is 4.83. The molecule has 0 saturated carbocycles. The predicted octanol–water partition coefficient (Wildman–Crippen LogP) is -0.346. The molecule has 49 valence electrons. The fourth-order valence-corrected chi connectivity index (χ4v) is 0.331. The van der Waals surface area contributed by atoms with Gasteiger partial charge in [0.25, 0.3) is 0 Å². The standard InChI is InChI=1S/C5H11O3/c1-4(7)5(8)2-3-6/h5-8H,2-3H2,1H3. The Labute approximate surface area is 48.6 Å². The highest BCUT2D eigenvalue weighted by atomic mass is 16.3. The topological polar surface area (TPSA) is 60.7 Å². The molecule has 0 aliphatic heterocycles. The summed E-state index contributed by atoms with van der Waals surface area (Å²) in [6.45, 7) is 1.30. The zero-order valence-corrected chi connectivity index (χ0v) is 4.83. The van der Waals surface area contributed by atoms with Gasteiger partial charge in [0, 0.05) is 6.61 Å². The summed E-state index contributed by atoms with van der Waals surface area (Å²) in [5.74, 6) is 0. The van der Waals surface area contributed by atoms with Gasteiger partial charge in [-0.2, -0.15) is 0 Å². The molecule has 0 fully saturated rings. The molecule has 1 radical (unpaired) electrons. The van der Waals surface area contributed by atoms with Crippen molar-refractivity contribution in [3.63, 3.8) is 0 Å². The Balaban J connectivity index is 3.17. The highest BCUT2D eigenvalue weighted by Gasteiger charge is 2.09. The van der Waals surface area contributed by atoms with Gasteiger partial charge in [-0.1, -0.05) is 0 Å². The molecule has 0 aliphatic rings. The van der Waals surface area contributed by atoms with E-state index in [4.69, 9.17) is 15.3 Å². The van der Waals surface area contributed by atoms with Crippen molar-refractivity contribution >= 4 is 0 Å². The number of aliphatic hydroxyl groups is 3. The Bertz CT molecular complexity index is 53.6. The van der Waals surface area contributed by atoms with Gasteiger partial charge in [0.1, 0.15) is 6.10 Å². The first-order valence-electron chi connectivity index (χ1n) is 2.49. The molecule has 1 unspecified atom stereocenters. The molecule has 3 nitrogen and oxygen atoms in total. The van der Waals surface area contributed by atoms with E-state index in [-0.39, 0.29) is 19.1 Å². The predicted molar refractivity (Wildman–Crippen MR) is 28.6 cm³/mol. The van der Waals surface area contributed by atoms with E-state index in [0.717, 1.165) is 0 Å². The zero-order chi connectivity index (χ0) is 6.57. The van der Waals surface area contributed by atoms with E-state index < -0.39 is 6.10 Å². The van der Waals surface area contributed by atoms with E-state index in [1.165, 1.54) is 6.92 Å². The van der Waals surface area contributed by atoms with Gasteiger partial charge >= 0.3 is 0 Å². The van der Waals surface area contributed by atoms with E-state index in [9.17, 15) is 0 Å². The highest BCUT2D eigenvalue weighted by molar-refractivity contribution is 4.77. The molecule has 0 amide bonds. The van der Waals surface area contributed by atoms with Crippen LogP contribution in [0.4, 0.5) is 0 Å². The average molecular weight is 119 g/mol. The van der Waals surface area contributed by atoms with Crippen LogP contribution in [0, 0.1) is 6.10 Å². The summed E-state index contributed by atoms with van der Waals surface area (Å²) >= 11 is 0. The first-order chi connectivity index (χ1) is 3.68. The van der Waals surface area contributed by atoms with Crippen LogP contribution in [-0.2, 0) is 0 Å². The van der Waals surface area contributed by atoms with Crippen molar-refractivity contribution in [3.05, 3.63) is 6.10 Å². The van der Waals surface area contributed by atoms with Gasteiger partial charge in [-0.15, -0.1) is 0 Å². The molecule has 8 heavy (non-hydrogen) atoms. The van der Waals surface area contributed by atoms with E-state index in [1.807, 2.05) is 0 Å². The van der Waals surface area contributed by atoms with Crippen LogP contribution < -0.4 is 0 Å². The smallest absolute Gasteiger partial charge is 0.119 e. The molecule has 0 saturated heterocycles. The van der Waals surface area contributed by atoms with Crippen LogP contribution in [0.5, 0.6) is 0 Å². The Morgan fingerprint density at radius 1 is 1.62 bits per heavy atom. The molecule has 1 atom stereocenters. The minimum absolute atomic E-state index is 0.0425. The summed E-state index contributed by atoms with van der Waals surface area (Å²) in [5.41, 5.74) is 0. The van der Waals surface area contributed by atoms with Crippen LogP contribution in [0.2, 0.25) is 0 Å². The van der Waals surface area contributed by atoms with Gasteiger partial charge in [-0.25, -0.2) is 0 Å². The largest absolute Gasteiger partial charge is 0.396 e. The van der Waals surface area contributed by atoms with Crippen LogP contribution in [0.1, 0.15) is 13.3 Å². The Morgan fingerprint density at radius 2 is 2.12 bits per heavy atom. The lowest BCUT2D eigenvalue weighted by atomic mass is 10.2. The molecular weight excluding hydrogens is 108 g/mol. The fourth-order valence-electron chi connectivity index (χ4n) is 0.331. The SMILES string of the molecule is C[C](O)C(O)CCO. The fraction of sp³-hybridized carbons (Fsp3) is 0.800. The lowest BCUT2D eigenvalue weighted by Crippen LogP contribution is -2.16. The summed E-state index contributed by atoms with van der Waals surface area (Å²) in [6, 6.07) is 0. The number of hydrogen-bond donors (Lipinski definition) is 3. The molecule has 0 heterocycles. The van der Waals surface area contributed by atoms with Gasteiger partial charge < -0.3 is 15.3 Å². The second-order valence-corrected chi connectivity index (χ2v) is 1.67. The molecule has 0 rings (SSSR count). The molecule has 0 bridgehead atoms. The Morgan fingerprint density at radius 3 is 2.25 bits per heavy atom. The molecule has 0 aromatic heterocycles. The van der Waals surface area contributed by atoms with Crippen LogP contribution in [-0.4, -0.2) is 28.0 Å². The van der Waals surface area contributed by atoms with E-state index in [1.54, 1.807) is 0 Å². The first-order valence-corrected chi connectivity index (χ1v) is 2.49. The molecular formula is C5H11O3. The molecule has 3 N–H and O–H groups in total. The van der Waals surface area contributed by atoms with Crippen LogP contribution in [0.3, 0.4) is 0 Å². The summed E-state index contributed by atoms with van der Waals surface area (Å²) in [4.78, 5) is 0. The Hall–Kier alpha value is -0.120. The molecule has 0 aromatic carbocycles. The highest BCUT2D eigenvalue weighted by Crippen LogP contribution is 2.02. The minimum atomic E-state index is -0.861. The van der Waals surface area contributed by atoms with Crippen molar-refractivity contribution in [2.75, 3.05) is 6.61 Å². The van der Waals surface area contributed by atoms with Crippen LogP contribution >= 0.6 is 0 Å². The molecule has 0 aliphatic carbocycles. The summed E-state index contributed by atoms with van der Waals surface area (Å²) in [5, 5.41) is 25.4. The average Bonchev–Trinajstić information content (AvgIpc) is 1.67. The maximum Gasteiger partial charge on any atom is 0.119 e. The third-order valence-corrected chi connectivity index (χ3v) is 0.885. The van der Waals surface area contributed by atoms with Crippen molar-refractivity contribution in [2.45, 2.75) is 19.4 Å². The van der Waals surface area contributed by atoms with Gasteiger partial charge in [0.05, 0.1) is 6.10 Å². The maximum absolute atomic E-state index is 8.68. The summed E-state index contributed by atoms with van der Waals surface area (Å²) in [7, 11) is 0. The molecule has 0 spiro atoms. The second-order valence-electron chi connectivity index (χ2n) is 1.67. The number of aliphatic hydroxyl groups excluding tert-OH is 3. The van der Waals surface area contributed by atoms with Gasteiger partial charge in [0.15, 0.2) is 0 Å². The van der Waals surface area contributed by atoms with E-state index in [2.05, 4.69) is 0 Å². The normalized spacial score (nSPS) is 14.6. The number of rotatable bonds is 3. The van der Waals surface area contributed by atoms with E-state index in [0.29, 0.717) is 0 Å².